The summed E-state index contributed by atoms with van der Waals surface area (Å²) in [6.45, 7) is 0. The molecule has 1 fully saturated rings. The van der Waals surface area contributed by atoms with Gasteiger partial charge in [0.2, 0.25) is 15.9 Å². The Balaban J connectivity index is 1.73. The third-order valence-electron chi connectivity index (χ3n) is 3.77. The van der Waals surface area contributed by atoms with Crippen molar-refractivity contribution in [3.8, 4) is 5.75 Å². The van der Waals surface area contributed by atoms with Gasteiger partial charge in [-0.1, -0.05) is 30.3 Å². The maximum atomic E-state index is 12.6. The lowest BCUT2D eigenvalue weighted by Gasteiger charge is -2.19. The van der Waals surface area contributed by atoms with Gasteiger partial charge in [-0.2, -0.15) is 10.3 Å². The van der Waals surface area contributed by atoms with Crippen LogP contribution in [-0.4, -0.2) is 33.6 Å². The van der Waals surface area contributed by atoms with Crippen molar-refractivity contribution in [1.82, 2.24) is 21.1 Å². The number of carbonyl (C=O) groups excluding carboxylic acids is 1. The first-order chi connectivity index (χ1) is 12.5. The second-order valence-electron chi connectivity index (χ2n) is 5.49. The monoisotopic (exact) mass is 377 g/mol. The van der Waals surface area contributed by atoms with Crippen molar-refractivity contribution in [3.63, 3.8) is 0 Å². The largest absolute Gasteiger partial charge is 0.495 e. The molecule has 0 radical (unpaired) electrons. The second kappa shape index (κ2) is 7.81. The molecule has 1 aliphatic heterocycles. The molecule has 0 spiro atoms. The first-order valence-corrected chi connectivity index (χ1v) is 9.27. The maximum Gasteiger partial charge on any atom is 0.246 e. The Morgan fingerprint density at radius 1 is 1.04 bits per heavy atom. The number of sulfonamides is 1. The highest BCUT2D eigenvalue weighted by Crippen LogP contribution is 2.23. The first kappa shape index (κ1) is 18.3. The molecule has 1 heterocycles. The molecule has 0 bridgehead atoms. The van der Waals surface area contributed by atoms with Crippen molar-refractivity contribution in [2.75, 3.05) is 12.4 Å². The van der Waals surface area contributed by atoms with Crippen LogP contribution in [0.1, 0.15) is 0 Å². The van der Waals surface area contributed by atoms with Gasteiger partial charge in [0.25, 0.3) is 0 Å². The van der Waals surface area contributed by atoms with Crippen LogP contribution in [0, 0.1) is 0 Å². The van der Waals surface area contributed by atoms with E-state index < -0.39 is 28.1 Å². The summed E-state index contributed by atoms with van der Waals surface area (Å²) in [5.74, 6) is 0.0638. The van der Waals surface area contributed by atoms with Gasteiger partial charge in [0.05, 0.1) is 17.7 Å². The molecular formula is C16H19N5O4S. The standard InChI is InChI=1S/C16H19N5O4S/c1-25-13-10-6-5-9-12(13)17-16(22)14-15(19-21-18-14)20-26(23,24)11-7-3-2-4-8-11/h2-10,14-15,18-21H,1H3,(H,17,22). The average molecular weight is 377 g/mol. The Bertz CT molecular complexity index is 875. The molecule has 1 amide bonds. The molecule has 1 saturated heterocycles. The van der Waals surface area contributed by atoms with E-state index in [1.165, 1.54) is 19.2 Å². The van der Waals surface area contributed by atoms with Crippen LogP contribution in [-0.2, 0) is 14.8 Å². The number of benzene rings is 2. The zero-order chi connectivity index (χ0) is 18.6. The number of ether oxygens (including phenoxy) is 1. The van der Waals surface area contributed by atoms with Crippen molar-refractivity contribution in [2.45, 2.75) is 17.1 Å². The lowest BCUT2D eigenvalue weighted by Crippen LogP contribution is -2.53. The number of amides is 1. The molecule has 5 N–H and O–H groups in total. The Labute approximate surface area is 151 Å². The minimum absolute atomic E-state index is 0.109. The van der Waals surface area contributed by atoms with E-state index in [1.807, 2.05) is 0 Å². The third kappa shape index (κ3) is 4.00. The molecule has 2 aromatic carbocycles. The van der Waals surface area contributed by atoms with Gasteiger partial charge in [-0.3, -0.25) is 4.79 Å². The van der Waals surface area contributed by atoms with Crippen LogP contribution >= 0.6 is 0 Å². The molecule has 2 aromatic rings. The van der Waals surface area contributed by atoms with E-state index in [0.717, 1.165) is 0 Å². The number of nitrogens with one attached hydrogen (secondary N) is 5. The van der Waals surface area contributed by atoms with Crippen LogP contribution in [0.2, 0.25) is 0 Å². The van der Waals surface area contributed by atoms with Crippen molar-refractivity contribution >= 4 is 21.6 Å². The molecule has 10 heteroatoms. The summed E-state index contributed by atoms with van der Waals surface area (Å²) in [7, 11) is -2.29. The molecular weight excluding hydrogens is 358 g/mol. The highest BCUT2D eigenvalue weighted by molar-refractivity contribution is 7.89. The predicted octanol–water partition coefficient (Wildman–Crippen LogP) is -0.0807. The van der Waals surface area contributed by atoms with Gasteiger partial charge in [-0.15, -0.1) is 0 Å². The van der Waals surface area contributed by atoms with Gasteiger partial charge in [-0.25, -0.2) is 19.3 Å². The lowest BCUT2D eigenvalue weighted by molar-refractivity contribution is -0.118. The van der Waals surface area contributed by atoms with E-state index in [4.69, 9.17) is 4.74 Å². The lowest BCUT2D eigenvalue weighted by atomic mass is 10.2. The zero-order valence-corrected chi connectivity index (χ0v) is 14.7. The highest BCUT2D eigenvalue weighted by Gasteiger charge is 2.36. The summed E-state index contributed by atoms with van der Waals surface area (Å²) < 4.78 is 32.6. The normalized spacial score (nSPS) is 19.9. The number of carbonyl (C=O) groups is 1. The summed E-state index contributed by atoms with van der Waals surface area (Å²) in [6.07, 6.45) is -0.894. The number of hydrogen-bond donors (Lipinski definition) is 5. The van der Waals surface area contributed by atoms with Crippen LogP contribution in [0.5, 0.6) is 5.75 Å². The molecule has 1 aliphatic rings. The Morgan fingerprint density at radius 2 is 1.73 bits per heavy atom. The Kier molecular flexibility index (Phi) is 5.49. The van der Waals surface area contributed by atoms with Crippen molar-refractivity contribution in [3.05, 3.63) is 54.6 Å². The molecule has 26 heavy (non-hydrogen) atoms. The smallest absolute Gasteiger partial charge is 0.246 e. The fraction of sp³-hybridized carbons (Fsp3) is 0.188. The fourth-order valence-corrected chi connectivity index (χ4v) is 3.65. The van der Waals surface area contributed by atoms with E-state index in [1.54, 1.807) is 42.5 Å². The van der Waals surface area contributed by atoms with Crippen molar-refractivity contribution in [1.29, 1.82) is 0 Å². The number of para-hydroxylation sites is 2. The summed E-state index contributed by atoms with van der Waals surface area (Å²) >= 11 is 0. The van der Waals surface area contributed by atoms with Gasteiger partial charge in [0.15, 0.2) is 0 Å². The second-order valence-corrected chi connectivity index (χ2v) is 7.21. The number of hydrogen-bond acceptors (Lipinski definition) is 7. The minimum atomic E-state index is -3.79. The minimum Gasteiger partial charge on any atom is -0.495 e. The zero-order valence-electron chi connectivity index (χ0n) is 13.9. The van der Waals surface area contributed by atoms with Crippen LogP contribution in [0.25, 0.3) is 0 Å². The van der Waals surface area contributed by atoms with Gasteiger partial charge in [-0.05, 0) is 24.3 Å². The predicted molar refractivity (Wildman–Crippen MR) is 95.4 cm³/mol. The number of methoxy groups -OCH3 is 1. The summed E-state index contributed by atoms with van der Waals surface area (Å²) in [4.78, 5) is 12.7. The topological polar surface area (TPSA) is 121 Å². The van der Waals surface area contributed by atoms with E-state index in [9.17, 15) is 13.2 Å². The summed E-state index contributed by atoms with van der Waals surface area (Å²) in [5, 5.41) is 2.72. The molecule has 0 aromatic heterocycles. The summed E-state index contributed by atoms with van der Waals surface area (Å²) in [6, 6.07) is 14.0. The molecule has 138 valence electrons. The van der Waals surface area contributed by atoms with Gasteiger partial charge >= 0.3 is 0 Å². The van der Waals surface area contributed by atoms with Crippen LogP contribution in [0.15, 0.2) is 59.5 Å². The molecule has 2 atom stereocenters. The Hall–Kier alpha value is -2.50. The van der Waals surface area contributed by atoms with E-state index in [2.05, 4.69) is 26.4 Å². The van der Waals surface area contributed by atoms with Crippen LogP contribution in [0.4, 0.5) is 5.69 Å². The van der Waals surface area contributed by atoms with Crippen molar-refractivity contribution < 1.29 is 17.9 Å². The van der Waals surface area contributed by atoms with Crippen LogP contribution in [0.3, 0.4) is 0 Å². The number of hydrazine groups is 2. The molecule has 2 unspecified atom stereocenters. The number of anilines is 1. The van der Waals surface area contributed by atoms with Crippen molar-refractivity contribution in [2.24, 2.45) is 0 Å². The van der Waals surface area contributed by atoms with Gasteiger partial charge in [0.1, 0.15) is 18.0 Å². The molecule has 0 saturated carbocycles. The SMILES string of the molecule is COc1ccccc1NC(=O)C1NNNC1NS(=O)(=O)c1ccccc1. The molecule has 3 rings (SSSR count). The maximum absolute atomic E-state index is 12.6. The highest BCUT2D eigenvalue weighted by atomic mass is 32.2. The number of rotatable bonds is 6. The van der Waals surface area contributed by atoms with Gasteiger partial charge < -0.3 is 10.1 Å². The quantitative estimate of drug-likeness (QED) is 0.477. The molecule has 0 aliphatic carbocycles. The average Bonchev–Trinajstić information content (AvgIpc) is 3.10. The third-order valence-corrected chi connectivity index (χ3v) is 5.23. The fourth-order valence-electron chi connectivity index (χ4n) is 2.47. The summed E-state index contributed by atoms with van der Waals surface area (Å²) in [5.41, 5.74) is 8.44. The van der Waals surface area contributed by atoms with Gasteiger partial charge in [0, 0.05) is 0 Å². The molecule has 9 nitrogen and oxygen atoms in total. The van der Waals surface area contributed by atoms with E-state index in [0.29, 0.717) is 11.4 Å². The van der Waals surface area contributed by atoms with Crippen LogP contribution < -0.4 is 31.2 Å². The first-order valence-electron chi connectivity index (χ1n) is 7.78. The van der Waals surface area contributed by atoms with E-state index >= 15 is 0 Å². The Morgan fingerprint density at radius 3 is 2.46 bits per heavy atom. The van der Waals surface area contributed by atoms with E-state index in [-0.39, 0.29) is 4.90 Å².